The molecule has 0 fully saturated rings. The molecule has 2 aromatic rings. The van der Waals surface area contributed by atoms with Gasteiger partial charge in [0.1, 0.15) is 11.6 Å². The van der Waals surface area contributed by atoms with Gasteiger partial charge in [-0.2, -0.15) is 0 Å². The lowest BCUT2D eigenvalue weighted by atomic mass is 10.1. The van der Waals surface area contributed by atoms with Gasteiger partial charge in [0.15, 0.2) is 0 Å². The van der Waals surface area contributed by atoms with Gasteiger partial charge in [0.25, 0.3) is 0 Å². The van der Waals surface area contributed by atoms with E-state index in [4.69, 9.17) is 11.5 Å². The van der Waals surface area contributed by atoms with Crippen molar-refractivity contribution in [2.45, 2.75) is 0 Å². The second-order valence-electron chi connectivity index (χ2n) is 3.05. The van der Waals surface area contributed by atoms with Crippen LogP contribution in [-0.4, -0.2) is 0 Å². The quantitative estimate of drug-likeness (QED) is 0.632. The Balaban J connectivity index is 3.00. The zero-order valence-corrected chi connectivity index (χ0v) is 7.22. The van der Waals surface area contributed by atoms with Gasteiger partial charge in [-0.15, -0.1) is 0 Å². The highest BCUT2D eigenvalue weighted by molar-refractivity contribution is 6.00. The van der Waals surface area contributed by atoms with E-state index in [1.54, 1.807) is 0 Å². The molecule has 2 aromatic carbocycles. The minimum atomic E-state index is -0.521. The van der Waals surface area contributed by atoms with Crippen molar-refractivity contribution in [3.63, 3.8) is 0 Å². The Morgan fingerprint density at radius 2 is 1.64 bits per heavy atom. The molecular weight excluding hydrogens is 186 g/mol. The van der Waals surface area contributed by atoms with Crippen molar-refractivity contribution in [2.24, 2.45) is 0 Å². The fourth-order valence-corrected chi connectivity index (χ4v) is 1.46. The van der Waals surface area contributed by atoms with Crippen LogP contribution >= 0.6 is 0 Å². The molecule has 0 saturated carbocycles. The van der Waals surface area contributed by atoms with Crippen molar-refractivity contribution in [1.29, 1.82) is 0 Å². The Kier molecular flexibility index (Phi) is 1.77. The second-order valence-corrected chi connectivity index (χ2v) is 3.05. The first-order valence-corrected chi connectivity index (χ1v) is 4.02. The van der Waals surface area contributed by atoms with Crippen molar-refractivity contribution in [3.05, 3.63) is 35.9 Å². The summed E-state index contributed by atoms with van der Waals surface area (Å²) in [7, 11) is 0. The number of hydrogen-bond donors (Lipinski definition) is 2. The third-order valence-electron chi connectivity index (χ3n) is 2.09. The fraction of sp³-hybridized carbons (Fsp3) is 0. The Hall–Kier alpha value is -1.84. The number of hydrogen-bond acceptors (Lipinski definition) is 2. The first kappa shape index (κ1) is 8.74. The third-order valence-corrected chi connectivity index (χ3v) is 2.09. The van der Waals surface area contributed by atoms with Crippen molar-refractivity contribution < 1.29 is 8.78 Å². The van der Waals surface area contributed by atoms with Crippen LogP contribution < -0.4 is 11.5 Å². The van der Waals surface area contributed by atoms with Gasteiger partial charge < -0.3 is 11.5 Å². The normalized spacial score (nSPS) is 10.7. The van der Waals surface area contributed by atoms with E-state index < -0.39 is 11.6 Å². The van der Waals surface area contributed by atoms with Gasteiger partial charge in [-0.1, -0.05) is 0 Å². The van der Waals surface area contributed by atoms with E-state index in [-0.39, 0.29) is 11.1 Å². The standard InChI is InChI=1S/C10H8F2N2/c11-5-3-6-8(13)2-1-7(12)10(6)9(14)4-5/h1-4H,13-14H2. The Bertz CT molecular complexity index is 509. The predicted molar refractivity (Wildman–Crippen MR) is 52.7 cm³/mol. The highest BCUT2D eigenvalue weighted by Gasteiger charge is 2.08. The number of nitrogen functional groups attached to an aromatic ring is 2. The Labute approximate surface area is 79.1 Å². The van der Waals surface area contributed by atoms with Crippen LogP contribution in [0.25, 0.3) is 10.8 Å². The van der Waals surface area contributed by atoms with Gasteiger partial charge in [-0.3, -0.25) is 0 Å². The zero-order chi connectivity index (χ0) is 10.3. The second kappa shape index (κ2) is 2.83. The molecule has 0 amide bonds. The molecule has 0 aromatic heterocycles. The Morgan fingerprint density at radius 3 is 2.36 bits per heavy atom. The molecule has 14 heavy (non-hydrogen) atoms. The van der Waals surface area contributed by atoms with Crippen LogP contribution in [0.1, 0.15) is 0 Å². The molecule has 0 aliphatic heterocycles. The summed E-state index contributed by atoms with van der Waals surface area (Å²) in [5.41, 5.74) is 11.4. The van der Waals surface area contributed by atoms with Crippen LogP contribution in [-0.2, 0) is 0 Å². The largest absolute Gasteiger partial charge is 0.398 e. The van der Waals surface area contributed by atoms with Gasteiger partial charge in [0, 0.05) is 22.1 Å². The first-order chi connectivity index (χ1) is 6.59. The minimum Gasteiger partial charge on any atom is -0.398 e. The third kappa shape index (κ3) is 1.16. The van der Waals surface area contributed by atoms with Gasteiger partial charge in [-0.25, -0.2) is 8.78 Å². The van der Waals surface area contributed by atoms with Crippen LogP contribution in [0.2, 0.25) is 0 Å². The summed E-state index contributed by atoms with van der Waals surface area (Å²) in [6, 6.07) is 4.84. The molecule has 2 rings (SSSR count). The molecule has 2 nitrogen and oxygen atoms in total. The van der Waals surface area contributed by atoms with Crippen LogP contribution in [0, 0.1) is 11.6 Å². The van der Waals surface area contributed by atoms with E-state index in [0.29, 0.717) is 11.1 Å². The molecule has 72 valence electrons. The molecule has 0 unspecified atom stereocenters. The van der Waals surface area contributed by atoms with Crippen molar-refractivity contribution in [1.82, 2.24) is 0 Å². The topological polar surface area (TPSA) is 52.0 Å². The maximum atomic E-state index is 13.3. The summed E-state index contributed by atoms with van der Waals surface area (Å²) in [4.78, 5) is 0. The average molecular weight is 194 g/mol. The van der Waals surface area contributed by atoms with Crippen LogP contribution in [0.5, 0.6) is 0 Å². The Morgan fingerprint density at radius 1 is 0.929 bits per heavy atom. The van der Waals surface area contributed by atoms with E-state index in [0.717, 1.165) is 6.07 Å². The highest BCUT2D eigenvalue weighted by Crippen LogP contribution is 2.29. The van der Waals surface area contributed by atoms with Gasteiger partial charge in [0.2, 0.25) is 0 Å². The van der Waals surface area contributed by atoms with Crippen molar-refractivity contribution >= 4 is 22.1 Å². The molecule has 4 heteroatoms. The summed E-state index contributed by atoms with van der Waals surface area (Å²) >= 11 is 0. The molecule has 0 aliphatic carbocycles. The van der Waals surface area contributed by atoms with E-state index in [2.05, 4.69) is 0 Å². The summed E-state index contributed by atoms with van der Waals surface area (Å²) in [6.45, 7) is 0. The van der Waals surface area contributed by atoms with Gasteiger partial charge in [0.05, 0.1) is 0 Å². The number of rotatable bonds is 0. The van der Waals surface area contributed by atoms with Crippen LogP contribution in [0.15, 0.2) is 24.3 Å². The zero-order valence-electron chi connectivity index (χ0n) is 7.22. The van der Waals surface area contributed by atoms with Crippen LogP contribution in [0.4, 0.5) is 20.2 Å². The predicted octanol–water partition coefficient (Wildman–Crippen LogP) is 2.28. The minimum absolute atomic E-state index is 0.0600. The average Bonchev–Trinajstić information content (AvgIpc) is 2.10. The molecule has 4 N–H and O–H groups in total. The van der Waals surface area contributed by atoms with Crippen molar-refractivity contribution in [3.8, 4) is 0 Å². The number of fused-ring (bicyclic) bond motifs is 1. The summed E-state index contributed by atoms with van der Waals surface area (Å²) < 4.78 is 26.3. The molecule has 0 heterocycles. The molecular formula is C10H8F2N2. The lowest BCUT2D eigenvalue weighted by Crippen LogP contribution is -1.95. The summed E-state index contributed by atoms with van der Waals surface area (Å²) in [5.74, 6) is -1.01. The molecule has 0 saturated heterocycles. The van der Waals surface area contributed by atoms with E-state index >= 15 is 0 Å². The fourth-order valence-electron chi connectivity index (χ4n) is 1.46. The van der Waals surface area contributed by atoms with E-state index in [9.17, 15) is 8.78 Å². The van der Waals surface area contributed by atoms with E-state index in [1.807, 2.05) is 0 Å². The maximum absolute atomic E-state index is 13.3. The van der Waals surface area contributed by atoms with E-state index in [1.165, 1.54) is 18.2 Å². The number of anilines is 2. The summed E-state index contributed by atoms with van der Waals surface area (Å²) in [6.07, 6.45) is 0. The monoisotopic (exact) mass is 194 g/mol. The van der Waals surface area contributed by atoms with Gasteiger partial charge >= 0.3 is 0 Å². The van der Waals surface area contributed by atoms with Crippen molar-refractivity contribution in [2.75, 3.05) is 11.5 Å². The lowest BCUT2D eigenvalue weighted by molar-refractivity contribution is 0.628. The number of halogens is 2. The maximum Gasteiger partial charge on any atom is 0.133 e. The molecule has 0 aliphatic rings. The number of benzene rings is 2. The highest BCUT2D eigenvalue weighted by atomic mass is 19.1. The number of nitrogens with two attached hydrogens (primary N) is 2. The summed E-state index contributed by atoms with van der Waals surface area (Å²) in [5, 5.41) is 0.480. The molecule has 0 atom stereocenters. The molecule has 0 radical (unpaired) electrons. The first-order valence-electron chi connectivity index (χ1n) is 4.02. The molecule has 0 bridgehead atoms. The smallest absolute Gasteiger partial charge is 0.133 e. The van der Waals surface area contributed by atoms with Gasteiger partial charge in [-0.05, 0) is 24.3 Å². The van der Waals surface area contributed by atoms with Crippen LogP contribution in [0.3, 0.4) is 0 Å². The SMILES string of the molecule is Nc1ccc(F)c2c(N)cc(F)cc12. The molecule has 0 spiro atoms. The lowest BCUT2D eigenvalue weighted by Gasteiger charge is -2.06.